The van der Waals surface area contributed by atoms with Crippen molar-refractivity contribution in [2.75, 3.05) is 6.54 Å². The van der Waals surface area contributed by atoms with E-state index < -0.39 is 0 Å². The van der Waals surface area contributed by atoms with Crippen molar-refractivity contribution in [3.05, 3.63) is 48.0 Å². The van der Waals surface area contributed by atoms with Crippen LogP contribution in [0.4, 0.5) is 0 Å². The highest BCUT2D eigenvalue weighted by Gasteiger charge is 2.27. The molecule has 0 radical (unpaired) electrons. The molecule has 1 aliphatic rings. The first-order valence-electron chi connectivity index (χ1n) is 7.74. The monoisotopic (exact) mass is 318 g/mol. The van der Waals surface area contributed by atoms with Crippen molar-refractivity contribution in [3.8, 4) is 0 Å². The van der Waals surface area contributed by atoms with Crippen LogP contribution in [0, 0.1) is 5.92 Å². The van der Waals surface area contributed by atoms with Crippen molar-refractivity contribution < 1.29 is 4.79 Å². The quantitative estimate of drug-likeness (QED) is 0.910. The minimum Gasteiger partial charge on any atom is -0.353 e. The van der Waals surface area contributed by atoms with E-state index in [0.717, 1.165) is 23.8 Å². The molecule has 2 aromatic rings. The Bertz CT molecular complexity index is 639. The first kappa shape index (κ1) is 16.8. The highest BCUT2D eigenvalue weighted by molar-refractivity contribution is 5.90. The first-order valence-corrected chi connectivity index (χ1v) is 7.74. The number of hydrogen-bond donors (Lipinski definition) is 2. The average molecular weight is 319 g/mol. The van der Waals surface area contributed by atoms with Gasteiger partial charge in [0, 0.05) is 6.04 Å². The van der Waals surface area contributed by atoms with E-state index in [1.165, 1.54) is 11.8 Å². The molecule has 0 aliphatic heterocycles. The minimum absolute atomic E-state index is 0. The first-order chi connectivity index (χ1) is 10.3. The summed E-state index contributed by atoms with van der Waals surface area (Å²) in [6.45, 7) is 0.666. The second-order valence-corrected chi connectivity index (χ2v) is 5.92. The van der Waals surface area contributed by atoms with E-state index >= 15 is 0 Å². The number of carbonyl (C=O) groups excluding carboxylic acids is 1. The molecular weight excluding hydrogens is 296 g/mol. The number of hydrogen-bond acceptors (Lipinski definition) is 2. The lowest BCUT2D eigenvalue weighted by Crippen LogP contribution is -2.40. The van der Waals surface area contributed by atoms with Crippen LogP contribution in [0.2, 0.25) is 0 Å². The number of halogens is 1. The fourth-order valence-corrected chi connectivity index (χ4v) is 3.39. The Morgan fingerprint density at radius 1 is 1.14 bits per heavy atom. The van der Waals surface area contributed by atoms with E-state index in [9.17, 15) is 4.79 Å². The van der Waals surface area contributed by atoms with Gasteiger partial charge < -0.3 is 11.1 Å². The smallest absolute Gasteiger partial charge is 0.224 e. The van der Waals surface area contributed by atoms with Crippen LogP contribution in [0.3, 0.4) is 0 Å². The van der Waals surface area contributed by atoms with Crippen molar-refractivity contribution in [1.82, 2.24) is 5.32 Å². The van der Waals surface area contributed by atoms with Crippen LogP contribution in [0.15, 0.2) is 42.5 Å². The van der Waals surface area contributed by atoms with Crippen molar-refractivity contribution in [2.24, 2.45) is 11.7 Å². The van der Waals surface area contributed by atoms with E-state index in [2.05, 4.69) is 23.5 Å². The number of carbonyl (C=O) groups is 1. The predicted octanol–water partition coefficient (Wildman–Crippen LogP) is 3.05. The Morgan fingerprint density at radius 2 is 1.91 bits per heavy atom. The second kappa shape index (κ2) is 7.61. The lowest BCUT2D eigenvalue weighted by atomic mass is 10.0. The molecule has 2 unspecified atom stereocenters. The minimum atomic E-state index is 0. The molecule has 22 heavy (non-hydrogen) atoms. The molecule has 118 valence electrons. The molecule has 3 N–H and O–H groups in total. The molecule has 0 saturated heterocycles. The largest absolute Gasteiger partial charge is 0.353 e. The zero-order chi connectivity index (χ0) is 14.7. The molecule has 0 heterocycles. The van der Waals surface area contributed by atoms with Crippen LogP contribution in [0.1, 0.15) is 24.8 Å². The van der Waals surface area contributed by atoms with E-state index in [0.29, 0.717) is 18.9 Å². The van der Waals surface area contributed by atoms with Crippen LogP contribution >= 0.6 is 12.4 Å². The zero-order valence-corrected chi connectivity index (χ0v) is 13.4. The molecule has 2 atom stereocenters. The summed E-state index contributed by atoms with van der Waals surface area (Å²) in [7, 11) is 0. The van der Waals surface area contributed by atoms with E-state index in [4.69, 9.17) is 5.73 Å². The maximum absolute atomic E-state index is 12.3. The van der Waals surface area contributed by atoms with Crippen molar-refractivity contribution >= 4 is 29.1 Å². The van der Waals surface area contributed by atoms with Gasteiger partial charge >= 0.3 is 0 Å². The molecule has 1 aliphatic carbocycles. The average Bonchev–Trinajstić information content (AvgIpc) is 2.94. The topological polar surface area (TPSA) is 55.1 Å². The molecule has 0 bridgehead atoms. The molecule has 0 spiro atoms. The Morgan fingerprint density at radius 3 is 2.73 bits per heavy atom. The van der Waals surface area contributed by atoms with Crippen molar-refractivity contribution in [1.29, 1.82) is 0 Å². The molecule has 3 nitrogen and oxygen atoms in total. The van der Waals surface area contributed by atoms with Crippen LogP contribution in [-0.4, -0.2) is 18.5 Å². The number of amides is 1. The summed E-state index contributed by atoms with van der Waals surface area (Å²) in [5, 5.41) is 5.52. The summed E-state index contributed by atoms with van der Waals surface area (Å²) in [5.41, 5.74) is 6.87. The number of nitrogens with one attached hydrogen (secondary N) is 1. The number of benzene rings is 2. The Balaban J connectivity index is 0.00000176. The summed E-state index contributed by atoms with van der Waals surface area (Å²) in [4.78, 5) is 12.3. The third-order valence-electron chi connectivity index (χ3n) is 4.54. The van der Waals surface area contributed by atoms with Gasteiger partial charge in [0.15, 0.2) is 0 Å². The van der Waals surface area contributed by atoms with Gasteiger partial charge in [-0.25, -0.2) is 0 Å². The molecule has 1 fully saturated rings. The molecule has 0 aromatic heterocycles. The van der Waals surface area contributed by atoms with Gasteiger partial charge in [-0.1, -0.05) is 48.9 Å². The summed E-state index contributed by atoms with van der Waals surface area (Å²) in [6, 6.07) is 14.6. The normalized spacial score (nSPS) is 20.6. The Kier molecular flexibility index (Phi) is 5.81. The molecule has 2 aromatic carbocycles. The summed E-state index contributed by atoms with van der Waals surface area (Å²) < 4.78 is 0. The van der Waals surface area contributed by atoms with Gasteiger partial charge in [-0.2, -0.15) is 0 Å². The van der Waals surface area contributed by atoms with Gasteiger partial charge in [0.25, 0.3) is 0 Å². The molecule has 4 heteroatoms. The third-order valence-corrected chi connectivity index (χ3v) is 4.54. The highest BCUT2D eigenvalue weighted by Crippen LogP contribution is 2.25. The number of fused-ring (bicyclic) bond motifs is 1. The third kappa shape index (κ3) is 3.60. The van der Waals surface area contributed by atoms with Crippen LogP contribution in [-0.2, 0) is 11.2 Å². The van der Waals surface area contributed by atoms with E-state index in [-0.39, 0.29) is 24.4 Å². The summed E-state index contributed by atoms with van der Waals surface area (Å²) in [5.74, 6) is 0.554. The van der Waals surface area contributed by atoms with Gasteiger partial charge in [0.05, 0.1) is 6.42 Å². The maximum atomic E-state index is 12.3. The van der Waals surface area contributed by atoms with Gasteiger partial charge in [-0.3, -0.25) is 4.79 Å². The zero-order valence-electron chi connectivity index (χ0n) is 12.6. The van der Waals surface area contributed by atoms with Crippen LogP contribution in [0.25, 0.3) is 10.8 Å². The van der Waals surface area contributed by atoms with E-state index in [1.807, 2.05) is 24.3 Å². The van der Waals surface area contributed by atoms with Crippen LogP contribution in [0.5, 0.6) is 0 Å². The van der Waals surface area contributed by atoms with Gasteiger partial charge in [-0.05, 0) is 41.6 Å². The van der Waals surface area contributed by atoms with E-state index in [1.54, 1.807) is 0 Å². The second-order valence-electron chi connectivity index (χ2n) is 5.92. The lowest BCUT2D eigenvalue weighted by Gasteiger charge is -2.19. The summed E-state index contributed by atoms with van der Waals surface area (Å²) >= 11 is 0. The highest BCUT2D eigenvalue weighted by atomic mass is 35.5. The van der Waals surface area contributed by atoms with Gasteiger partial charge in [0.1, 0.15) is 0 Å². The van der Waals surface area contributed by atoms with Crippen molar-refractivity contribution in [2.45, 2.75) is 31.7 Å². The number of rotatable bonds is 4. The SMILES string of the molecule is Cl.NCC1CCCC1NC(=O)Cc1cccc2ccccc12. The van der Waals surface area contributed by atoms with Crippen molar-refractivity contribution in [3.63, 3.8) is 0 Å². The number of nitrogens with two attached hydrogens (primary N) is 1. The predicted molar refractivity (Wildman–Crippen MR) is 93.2 cm³/mol. The fourth-order valence-electron chi connectivity index (χ4n) is 3.39. The molecule has 1 saturated carbocycles. The Labute approximate surface area is 137 Å². The summed E-state index contributed by atoms with van der Waals surface area (Å²) in [6.07, 6.45) is 3.80. The maximum Gasteiger partial charge on any atom is 0.224 e. The lowest BCUT2D eigenvalue weighted by molar-refractivity contribution is -0.121. The molecule has 1 amide bonds. The van der Waals surface area contributed by atoms with Gasteiger partial charge in [0.2, 0.25) is 5.91 Å². The molecule has 3 rings (SSSR count). The Hall–Kier alpha value is -1.58. The van der Waals surface area contributed by atoms with Gasteiger partial charge in [-0.15, -0.1) is 12.4 Å². The van der Waals surface area contributed by atoms with Crippen LogP contribution < -0.4 is 11.1 Å². The standard InChI is InChI=1S/C18H22N2O.ClH/c19-12-15-8-4-10-17(15)20-18(21)11-14-7-3-6-13-5-1-2-9-16(13)14;/h1-3,5-7,9,15,17H,4,8,10-12,19H2,(H,20,21);1H. The fraction of sp³-hybridized carbons (Fsp3) is 0.389. The molecular formula is C18H23ClN2O.